The van der Waals surface area contributed by atoms with Crippen LogP contribution in [0.25, 0.3) is 0 Å². The van der Waals surface area contributed by atoms with Gasteiger partial charge in [-0.2, -0.15) is 0 Å². The van der Waals surface area contributed by atoms with Crippen LogP contribution in [0.1, 0.15) is 48.7 Å². The number of amides is 1. The first kappa shape index (κ1) is 17.8. The molecule has 0 aromatic heterocycles. The summed E-state index contributed by atoms with van der Waals surface area (Å²) in [5.74, 6) is 0.606. The number of nitrogens with one attached hydrogen (secondary N) is 1. The predicted molar refractivity (Wildman–Crippen MR) is 104 cm³/mol. The molecule has 2 aromatic carbocycles. The fourth-order valence-corrected chi connectivity index (χ4v) is 3.62. The molecule has 0 spiro atoms. The quantitative estimate of drug-likeness (QED) is 0.829. The highest BCUT2D eigenvalue weighted by molar-refractivity contribution is 6.33. The fourth-order valence-electron chi connectivity index (χ4n) is 3.40. The molecule has 25 heavy (non-hydrogen) atoms. The van der Waals surface area contributed by atoms with E-state index in [1.165, 1.54) is 18.5 Å². The van der Waals surface area contributed by atoms with Crippen molar-refractivity contribution in [2.75, 3.05) is 18.0 Å². The van der Waals surface area contributed by atoms with E-state index in [0.29, 0.717) is 10.6 Å². The maximum atomic E-state index is 12.4. The van der Waals surface area contributed by atoms with Gasteiger partial charge in [-0.25, -0.2) is 0 Å². The van der Waals surface area contributed by atoms with Crippen LogP contribution in [0.5, 0.6) is 0 Å². The Bertz CT molecular complexity index is 729. The fraction of sp³-hybridized carbons (Fsp3) is 0.381. The van der Waals surface area contributed by atoms with Gasteiger partial charge in [0.2, 0.25) is 0 Å². The van der Waals surface area contributed by atoms with Crippen molar-refractivity contribution < 1.29 is 4.79 Å². The lowest BCUT2D eigenvalue weighted by molar-refractivity contribution is 0.0940. The SMILES string of the molecule is C[C@H]1CCCN(c2ccc([C@@H](C)NC(=O)c3ccccc3Cl)cc2)C1. The smallest absolute Gasteiger partial charge is 0.253 e. The van der Waals surface area contributed by atoms with Gasteiger partial charge < -0.3 is 10.2 Å². The van der Waals surface area contributed by atoms with Crippen molar-refractivity contribution in [2.45, 2.75) is 32.7 Å². The molecule has 2 aromatic rings. The molecule has 0 radical (unpaired) electrons. The molecule has 1 heterocycles. The van der Waals surface area contributed by atoms with Crippen molar-refractivity contribution in [3.8, 4) is 0 Å². The van der Waals surface area contributed by atoms with Crippen LogP contribution in [0.2, 0.25) is 5.02 Å². The van der Waals surface area contributed by atoms with E-state index in [2.05, 4.69) is 41.4 Å². The first-order valence-corrected chi connectivity index (χ1v) is 9.32. The van der Waals surface area contributed by atoms with Crippen molar-refractivity contribution in [2.24, 2.45) is 5.92 Å². The monoisotopic (exact) mass is 356 g/mol. The molecule has 1 amide bonds. The third-order valence-electron chi connectivity index (χ3n) is 4.88. The van der Waals surface area contributed by atoms with Gasteiger partial charge >= 0.3 is 0 Å². The Balaban J connectivity index is 1.65. The zero-order chi connectivity index (χ0) is 17.8. The lowest BCUT2D eigenvalue weighted by atomic mass is 9.99. The molecule has 0 bridgehead atoms. The second kappa shape index (κ2) is 7.92. The Hall–Kier alpha value is -2.00. The summed E-state index contributed by atoms with van der Waals surface area (Å²) in [7, 11) is 0. The second-order valence-corrected chi connectivity index (χ2v) is 7.37. The minimum absolute atomic E-state index is 0.0712. The number of hydrogen-bond donors (Lipinski definition) is 1. The second-order valence-electron chi connectivity index (χ2n) is 6.96. The highest BCUT2D eigenvalue weighted by Gasteiger charge is 2.17. The molecule has 1 aliphatic heterocycles. The van der Waals surface area contributed by atoms with E-state index in [1.807, 2.05) is 19.1 Å². The molecule has 1 aliphatic rings. The molecule has 1 N–H and O–H groups in total. The van der Waals surface area contributed by atoms with E-state index in [1.54, 1.807) is 12.1 Å². The Morgan fingerprint density at radius 3 is 2.60 bits per heavy atom. The molecule has 2 atom stereocenters. The molecule has 1 saturated heterocycles. The standard InChI is InChI=1S/C21H25ClN2O/c1-15-6-5-13-24(14-15)18-11-9-17(10-12-18)16(2)23-21(25)19-7-3-4-8-20(19)22/h3-4,7-12,15-16H,5-6,13-14H2,1-2H3,(H,23,25)/t15-,16+/m0/s1. The van der Waals surface area contributed by atoms with Gasteiger partial charge in [-0.1, -0.05) is 42.8 Å². The summed E-state index contributed by atoms with van der Waals surface area (Å²) in [4.78, 5) is 14.8. The zero-order valence-corrected chi connectivity index (χ0v) is 15.6. The summed E-state index contributed by atoms with van der Waals surface area (Å²) in [5, 5.41) is 3.50. The number of hydrogen-bond acceptors (Lipinski definition) is 2. The third kappa shape index (κ3) is 4.35. The average molecular weight is 357 g/mol. The van der Waals surface area contributed by atoms with E-state index in [-0.39, 0.29) is 11.9 Å². The van der Waals surface area contributed by atoms with Crippen LogP contribution in [0.4, 0.5) is 5.69 Å². The summed E-state index contributed by atoms with van der Waals surface area (Å²) < 4.78 is 0. The van der Waals surface area contributed by atoms with Gasteiger partial charge in [0, 0.05) is 18.8 Å². The Morgan fingerprint density at radius 1 is 1.20 bits per heavy atom. The number of carbonyl (C=O) groups excluding carboxylic acids is 1. The Morgan fingerprint density at radius 2 is 1.92 bits per heavy atom. The van der Waals surface area contributed by atoms with E-state index in [9.17, 15) is 4.79 Å². The molecule has 0 aliphatic carbocycles. The predicted octanol–water partition coefficient (Wildman–Crippen LogP) is 5.07. The number of carbonyl (C=O) groups is 1. The van der Waals surface area contributed by atoms with Crippen molar-refractivity contribution in [1.29, 1.82) is 0 Å². The molecule has 3 rings (SSSR count). The maximum Gasteiger partial charge on any atom is 0.253 e. The zero-order valence-electron chi connectivity index (χ0n) is 14.8. The summed E-state index contributed by atoms with van der Waals surface area (Å²) in [6.07, 6.45) is 2.58. The lowest BCUT2D eigenvalue weighted by Gasteiger charge is -2.33. The number of nitrogens with zero attached hydrogens (tertiary/aromatic N) is 1. The van der Waals surface area contributed by atoms with Crippen LogP contribution in [-0.4, -0.2) is 19.0 Å². The van der Waals surface area contributed by atoms with E-state index in [4.69, 9.17) is 11.6 Å². The van der Waals surface area contributed by atoms with E-state index < -0.39 is 0 Å². The number of anilines is 1. The molecule has 0 saturated carbocycles. The minimum atomic E-state index is -0.146. The topological polar surface area (TPSA) is 32.3 Å². The molecule has 132 valence electrons. The average Bonchev–Trinajstić information content (AvgIpc) is 2.62. The maximum absolute atomic E-state index is 12.4. The van der Waals surface area contributed by atoms with Crippen LogP contribution in [0.15, 0.2) is 48.5 Å². The van der Waals surface area contributed by atoms with Crippen molar-refractivity contribution in [1.82, 2.24) is 5.32 Å². The number of piperidine rings is 1. The van der Waals surface area contributed by atoms with Crippen LogP contribution >= 0.6 is 11.6 Å². The normalized spacial score (nSPS) is 18.7. The lowest BCUT2D eigenvalue weighted by Crippen LogP contribution is -2.34. The summed E-state index contributed by atoms with van der Waals surface area (Å²) in [5.41, 5.74) is 2.86. The molecule has 3 nitrogen and oxygen atoms in total. The van der Waals surface area contributed by atoms with Gasteiger partial charge in [-0.05, 0) is 55.5 Å². The van der Waals surface area contributed by atoms with Gasteiger partial charge in [0.05, 0.1) is 16.6 Å². The van der Waals surface area contributed by atoms with Gasteiger partial charge in [0.25, 0.3) is 5.91 Å². The first-order chi connectivity index (χ1) is 12.0. The van der Waals surface area contributed by atoms with Crippen LogP contribution < -0.4 is 10.2 Å². The molecular formula is C21H25ClN2O. The van der Waals surface area contributed by atoms with Crippen LogP contribution in [0, 0.1) is 5.92 Å². The molecule has 0 unspecified atom stereocenters. The summed E-state index contributed by atoms with van der Waals surface area (Å²) in [6, 6.07) is 15.6. The Kier molecular flexibility index (Phi) is 5.64. The summed E-state index contributed by atoms with van der Waals surface area (Å²) in [6.45, 7) is 6.56. The van der Waals surface area contributed by atoms with Crippen LogP contribution in [-0.2, 0) is 0 Å². The molecular weight excluding hydrogens is 332 g/mol. The van der Waals surface area contributed by atoms with Gasteiger partial charge in [-0.15, -0.1) is 0 Å². The van der Waals surface area contributed by atoms with Crippen molar-refractivity contribution in [3.05, 3.63) is 64.7 Å². The van der Waals surface area contributed by atoms with Gasteiger partial charge in [-0.3, -0.25) is 4.79 Å². The minimum Gasteiger partial charge on any atom is -0.371 e. The first-order valence-electron chi connectivity index (χ1n) is 8.95. The number of rotatable bonds is 4. The van der Waals surface area contributed by atoms with Crippen molar-refractivity contribution in [3.63, 3.8) is 0 Å². The summed E-state index contributed by atoms with van der Waals surface area (Å²) >= 11 is 6.10. The van der Waals surface area contributed by atoms with Crippen LogP contribution in [0.3, 0.4) is 0 Å². The number of benzene rings is 2. The number of halogens is 1. The molecule has 4 heteroatoms. The van der Waals surface area contributed by atoms with Crippen molar-refractivity contribution >= 4 is 23.2 Å². The highest BCUT2D eigenvalue weighted by Crippen LogP contribution is 2.25. The third-order valence-corrected chi connectivity index (χ3v) is 5.21. The Labute approximate surface area is 155 Å². The van der Waals surface area contributed by atoms with Gasteiger partial charge in [0.1, 0.15) is 0 Å². The molecule has 1 fully saturated rings. The largest absolute Gasteiger partial charge is 0.371 e. The van der Waals surface area contributed by atoms with E-state index >= 15 is 0 Å². The van der Waals surface area contributed by atoms with Gasteiger partial charge in [0.15, 0.2) is 0 Å². The highest BCUT2D eigenvalue weighted by atomic mass is 35.5. The van der Waals surface area contributed by atoms with E-state index in [0.717, 1.165) is 24.6 Å².